The van der Waals surface area contributed by atoms with Gasteiger partial charge in [0.25, 0.3) is 0 Å². The summed E-state index contributed by atoms with van der Waals surface area (Å²) in [6.45, 7) is 4.67. The van der Waals surface area contributed by atoms with Gasteiger partial charge in [-0.3, -0.25) is 9.20 Å². The van der Waals surface area contributed by atoms with Crippen LogP contribution in [0.2, 0.25) is 0 Å². The molecule has 0 atom stereocenters. The molecule has 1 saturated heterocycles. The quantitative estimate of drug-likeness (QED) is 0.812. The Balaban J connectivity index is 1.63. The van der Waals surface area contributed by atoms with Crippen molar-refractivity contribution in [3.8, 4) is 0 Å². The first kappa shape index (κ1) is 12.6. The summed E-state index contributed by atoms with van der Waals surface area (Å²) in [5.41, 5.74) is 0.829. The zero-order valence-electron chi connectivity index (χ0n) is 12.1. The van der Waals surface area contributed by atoms with Gasteiger partial charge < -0.3 is 9.80 Å². The van der Waals surface area contributed by atoms with Gasteiger partial charge in [0.05, 0.1) is 0 Å². The third-order valence-electron chi connectivity index (χ3n) is 4.30. The molecular formula is C14H18N6O. The standard InChI is InChI=1S/C14H18N6O/c1-10(21)18-6-8-19(9-7-18)13-14-17-16-12(11-2-3-11)20(14)5-4-15-13/h4-5,11H,2-3,6-9H2,1H3. The van der Waals surface area contributed by atoms with Gasteiger partial charge in [0.15, 0.2) is 5.82 Å². The van der Waals surface area contributed by atoms with Gasteiger partial charge >= 0.3 is 0 Å². The summed E-state index contributed by atoms with van der Waals surface area (Å²) < 4.78 is 2.07. The number of hydrogen-bond donors (Lipinski definition) is 0. The molecule has 1 saturated carbocycles. The van der Waals surface area contributed by atoms with Crippen LogP contribution in [0.3, 0.4) is 0 Å². The van der Waals surface area contributed by atoms with Crippen molar-refractivity contribution in [3.05, 3.63) is 18.2 Å². The topological polar surface area (TPSA) is 66.6 Å². The van der Waals surface area contributed by atoms with Crippen LogP contribution in [0.1, 0.15) is 31.5 Å². The lowest BCUT2D eigenvalue weighted by molar-refractivity contribution is -0.129. The molecule has 3 heterocycles. The summed E-state index contributed by atoms with van der Waals surface area (Å²) in [6.07, 6.45) is 6.17. The average Bonchev–Trinajstić information content (AvgIpc) is 3.26. The van der Waals surface area contributed by atoms with E-state index in [2.05, 4.69) is 24.5 Å². The predicted octanol–water partition coefficient (Wildman–Crippen LogP) is 0.670. The number of nitrogens with zero attached hydrogens (tertiary/aromatic N) is 6. The lowest BCUT2D eigenvalue weighted by Gasteiger charge is -2.34. The van der Waals surface area contributed by atoms with Gasteiger partial charge in [-0.2, -0.15) is 0 Å². The number of hydrogen-bond acceptors (Lipinski definition) is 5. The van der Waals surface area contributed by atoms with Crippen molar-refractivity contribution in [2.45, 2.75) is 25.7 Å². The molecule has 4 rings (SSSR count). The Bertz CT molecular complexity index is 684. The van der Waals surface area contributed by atoms with E-state index in [1.807, 2.05) is 17.3 Å². The fourth-order valence-corrected chi connectivity index (χ4v) is 2.91. The van der Waals surface area contributed by atoms with Crippen LogP contribution in [-0.4, -0.2) is 56.6 Å². The maximum atomic E-state index is 11.4. The Kier molecular flexibility index (Phi) is 2.80. The second-order valence-electron chi connectivity index (χ2n) is 5.77. The summed E-state index contributed by atoms with van der Waals surface area (Å²) in [5.74, 6) is 2.63. The highest BCUT2D eigenvalue weighted by molar-refractivity contribution is 5.74. The van der Waals surface area contributed by atoms with E-state index < -0.39 is 0 Å². The van der Waals surface area contributed by atoms with Crippen LogP contribution >= 0.6 is 0 Å². The summed E-state index contributed by atoms with van der Waals surface area (Å²) in [6, 6.07) is 0. The molecule has 0 unspecified atom stereocenters. The summed E-state index contributed by atoms with van der Waals surface area (Å²) in [7, 11) is 0. The molecule has 2 aliphatic rings. The van der Waals surface area contributed by atoms with Crippen LogP contribution < -0.4 is 4.90 Å². The summed E-state index contributed by atoms with van der Waals surface area (Å²) in [5, 5.41) is 8.68. The summed E-state index contributed by atoms with van der Waals surface area (Å²) in [4.78, 5) is 20.0. The molecule has 0 radical (unpaired) electrons. The third-order valence-corrected chi connectivity index (χ3v) is 4.30. The highest BCUT2D eigenvalue weighted by atomic mass is 16.2. The van der Waals surface area contributed by atoms with E-state index in [0.717, 1.165) is 43.5 Å². The SMILES string of the molecule is CC(=O)N1CCN(c2nccn3c(C4CC4)nnc23)CC1. The van der Waals surface area contributed by atoms with Crippen LogP contribution in [0, 0.1) is 0 Å². The van der Waals surface area contributed by atoms with Crippen molar-refractivity contribution in [1.82, 2.24) is 24.5 Å². The first-order valence-corrected chi connectivity index (χ1v) is 7.44. The Hall–Kier alpha value is -2.18. The fourth-order valence-electron chi connectivity index (χ4n) is 2.91. The van der Waals surface area contributed by atoms with Crippen molar-refractivity contribution in [3.63, 3.8) is 0 Å². The maximum Gasteiger partial charge on any atom is 0.219 e. The molecule has 1 amide bonds. The molecule has 0 aromatic carbocycles. The zero-order chi connectivity index (χ0) is 14.4. The minimum absolute atomic E-state index is 0.138. The molecule has 0 spiro atoms. The first-order valence-electron chi connectivity index (χ1n) is 7.44. The van der Waals surface area contributed by atoms with Crippen molar-refractivity contribution < 1.29 is 4.79 Å². The minimum Gasteiger partial charge on any atom is -0.350 e. The van der Waals surface area contributed by atoms with Gasteiger partial charge in [-0.15, -0.1) is 10.2 Å². The molecule has 7 heteroatoms. The predicted molar refractivity (Wildman–Crippen MR) is 77.2 cm³/mol. The number of carbonyl (C=O) groups excluding carboxylic acids is 1. The second kappa shape index (κ2) is 4.68. The van der Waals surface area contributed by atoms with Crippen molar-refractivity contribution in [1.29, 1.82) is 0 Å². The number of amides is 1. The van der Waals surface area contributed by atoms with Gasteiger partial charge in [-0.05, 0) is 12.8 Å². The average molecular weight is 286 g/mol. The number of piperazine rings is 1. The maximum absolute atomic E-state index is 11.4. The van der Waals surface area contributed by atoms with Crippen LogP contribution in [0.5, 0.6) is 0 Å². The molecule has 7 nitrogen and oxygen atoms in total. The Morgan fingerprint density at radius 3 is 2.62 bits per heavy atom. The van der Waals surface area contributed by atoms with E-state index >= 15 is 0 Å². The molecule has 0 bridgehead atoms. The molecule has 0 N–H and O–H groups in total. The molecule has 21 heavy (non-hydrogen) atoms. The number of rotatable bonds is 2. The smallest absolute Gasteiger partial charge is 0.219 e. The lowest BCUT2D eigenvalue weighted by Crippen LogP contribution is -2.48. The van der Waals surface area contributed by atoms with Gasteiger partial charge in [0.1, 0.15) is 5.82 Å². The largest absolute Gasteiger partial charge is 0.350 e. The Labute approximate surface area is 122 Å². The molecule has 1 aliphatic carbocycles. The zero-order valence-corrected chi connectivity index (χ0v) is 12.1. The van der Waals surface area contributed by atoms with Crippen LogP contribution in [0.25, 0.3) is 5.65 Å². The van der Waals surface area contributed by atoms with Crippen LogP contribution in [-0.2, 0) is 4.79 Å². The number of aromatic nitrogens is 4. The molecule has 1 aliphatic heterocycles. The van der Waals surface area contributed by atoms with E-state index in [4.69, 9.17) is 0 Å². The van der Waals surface area contributed by atoms with Crippen molar-refractivity contribution in [2.75, 3.05) is 31.1 Å². The van der Waals surface area contributed by atoms with Gasteiger partial charge in [0.2, 0.25) is 11.6 Å². The second-order valence-corrected chi connectivity index (χ2v) is 5.77. The van der Waals surface area contributed by atoms with E-state index in [1.165, 1.54) is 12.8 Å². The third kappa shape index (κ3) is 2.12. The van der Waals surface area contributed by atoms with Crippen molar-refractivity contribution >= 4 is 17.4 Å². The van der Waals surface area contributed by atoms with E-state index in [-0.39, 0.29) is 5.91 Å². The van der Waals surface area contributed by atoms with Crippen molar-refractivity contribution in [2.24, 2.45) is 0 Å². The number of fused-ring (bicyclic) bond motifs is 1. The molecular weight excluding hydrogens is 268 g/mol. The van der Waals surface area contributed by atoms with E-state index in [9.17, 15) is 4.79 Å². The first-order chi connectivity index (χ1) is 10.2. The van der Waals surface area contributed by atoms with Crippen LogP contribution in [0.15, 0.2) is 12.4 Å². The van der Waals surface area contributed by atoms with Gasteiger partial charge in [-0.1, -0.05) is 0 Å². The molecule has 2 fully saturated rings. The Morgan fingerprint density at radius 2 is 1.95 bits per heavy atom. The fraction of sp³-hybridized carbons (Fsp3) is 0.571. The molecule has 110 valence electrons. The highest BCUT2D eigenvalue weighted by Crippen LogP contribution is 2.39. The highest BCUT2D eigenvalue weighted by Gasteiger charge is 2.30. The van der Waals surface area contributed by atoms with Gasteiger partial charge in [0, 0.05) is 51.4 Å². The molecule has 2 aromatic heterocycles. The van der Waals surface area contributed by atoms with E-state index in [0.29, 0.717) is 5.92 Å². The van der Waals surface area contributed by atoms with Crippen LogP contribution in [0.4, 0.5) is 5.82 Å². The monoisotopic (exact) mass is 286 g/mol. The number of carbonyl (C=O) groups is 1. The normalized spacial score (nSPS) is 19.3. The minimum atomic E-state index is 0.138. The molecule has 2 aromatic rings. The van der Waals surface area contributed by atoms with E-state index in [1.54, 1.807) is 6.92 Å². The van der Waals surface area contributed by atoms with Gasteiger partial charge in [-0.25, -0.2) is 4.98 Å². The Morgan fingerprint density at radius 1 is 1.19 bits per heavy atom. The number of anilines is 1. The lowest BCUT2D eigenvalue weighted by atomic mass is 10.3. The summed E-state index contributed by atoms with van der Waals surface area (Å²) >= 11 is 0.